The van der Waals surface area contributed by atoms with Gasteiger partial charge in [-0.2, -0.15) is 0 Å². The molecule has 0 aliphatic heterocycles. The summed E-state index contributed by atoms with van der Waals surface area (Å²) < 4.78 is 1.06. The average molecular weight is 322 g/mol. The Bertz CT molecular complexity index is 273. The fraction of sp³-hybridized carbons (Fsp3) is 0.500. The number of halogens is 2. The summed E-state index contributed by atoms with van der Waals surface area (Å²) in [5.74, 6) is 0. The van der Waals surface area contributed by atoms with E-state index in [2.05, 4.69) is 48.7 Å². The fourth-order valence-electron chi connectivity index (χ4n) is 1.35. The van der Waals surface area contributed by atoms with E-state index in [1.807, 2.05) is 18.5 Å². The van der Waals surface area contributed by atoms with Crippen LogP contribution in [0.4, 0.5) is 5.69 Å². The zero-order chi connectivity index (χ0) is 10.4. The van der Waals surface area contributed by atoms with E-state index < -0.39 is 0 Å². The second-order valence-electron chi connectivity index (χ2n) is 3.00. The minimum atomic E-state index is 0.988. The van der Waals surface area contributed by atoms with Crippen molar-refractivity contribution in [2.75, 3.05) is 23.3 Å². The molecule has 1 heterocycles. The highest BCUT2D eigenvalue weighted by Gasteiger charge is 2.07. The maximum Gasteiger partial charge on any atom is 0.0592 e. The molecule has 0 fully saturated rings. The second-order valence-corrected chi connectivity index (χ2v) is 4.65. The molecule has 0 bridgehead atoms. The third-order valence-corrected chi connectivity index (χ3v) is 2.91. The van der Waals surface area contributed by atoms with Gasteiger partial charge in [0.15, 0.2) is 0 Å². The Morgan fingerprint density at radius 3 is 2.79 bits per heavy atom. The summed E-state index contributed by atoms with van der Waals surface area (Å²) in [6.07, 6.45) is 4.82. The molecule has 0 saturated carbocycles. The summed E-state index contributed by atoms with van der Waals surface area (Å²) in [5.41, 5.74) is 1.22. The van der Waals surface area contributed by atoms with Crippen LogP contribution in [0.3, 0.4) is 0 Å². The lowest BCUT2D eigenvalue weighted by molar-refractivity contribution is 0.795. The van der Waals surface area contributed by atoms with Crippen molar-refractivity contribution in [2.45, 2.75) is 13.3 Å². The first-order chi connectivity index (χ1) is 6.79. The number of aromatic nitrogens is 1. The highest BCUT2D eigenvalue weighted by atomic mass is 79.9. The molecule has 1 aromatic heterocycles. The Labute approximate surface area is 102 Å². The van der Waals surface area contributed by atoms with E-state index in [0.717, 1.165) is 29.3 Å². The van der Waals surface area contributed by atoms with Crippen LogP contribution in [0.1, 0.15) is 13.3 Å². The average Bonchev–Trinajstić information content (AvgIpc) is 2.18. The summed E-state index contributed by atoms with van der Waals surface area (Å²) in [6.45, 7) is 4.29. The van der Waals surface area contributed by atoms with Crippen molar-refractivity contribution in [3.63, 3.8) is 0 Å². The topological polar surface area (TPSA) is 16.1 Å². The minimum absolute atomic E-state index is 0.988. The first-order valence-electron chi connectivity index (χ1n) is 4.70. The number of pyridine rings is 1. The molecular weight excluding hydrogens is 308 g/mol. The van der Waals surface area contributed by atoms with Crippen LogP contribution in [-0.4, -0.2) is 23.4 Å². The molecule has 0 saturated heterocycles. The molecular formula is C10H14Br2N2. The van der Waals surface area contributed by atoms with E-state index in [9.17, 15) is 0 Å². The summed E-state index contributed by atoms with van der Waals surface area (Å²) in [7, 11) is 0. The lowest BCUT2D eigenvalue weighted by Crippen LogP contribution is -2.26. The maximum atomic E-state index is 4.06. The minimum Gasteiger partial charge on any atom is -0.370 e. The quantitative estimate of drug-likeness (QED) is 0.772. The van der Waals surface area contributed by atoms with Crippen LogP contribution in [0, 0.1) is 0 Å². The molecule has 0 N–H and O–H groups in total. The molecule has 78 valence electrons. The number of hydrogen-bond acceptors (Lipinski definition) is 2. The third-order valence-electron chi connectivity index (χ3n) is 1.94. The predicted molar refractivity (Wildman–Crippen MR) is 68.2 cm³/mol. The van der Waals surface area contributed by atoms with E-state index in [1.165, 1.54) is 5.69 Å². The van der Waals surface area contributed by atoms with Crippen LogP contribution >= 0.6 is 31.9 Å². The Balaban J connectivity index is 2.81. The van der Waals surface area contributed by atoms with Crippen LogP contribution in [-0.2, 0) is 0 Å². The second kappa shape index (κ2) is 6.40. The first-order valence-corrected chi connectivity index (χ1v) is 6.61. The molecule has 14 heavy (non-hydrogen) atoms. The third kappa shape index (κ3) is 3.24. The van der Waals surface area contributed by atoms with Gasteiger partial charge in [0.2, 0.25) is 0 Å². The molecule has 2 nitrogen and oxygen atoms in total. The summed E-state index contributed by atoms with van der Waals surface area (Å²) in [6, 6.07) is 2.04. The molecule has 0 atom stereocenters. The van der Waals surface area contributed by atoms with E-state index in [4.69, 9.17) is 0 Å². The van der Waals surface area contributed by atoms with Gasteiger partial charge in [-0.05, 0) is 28.4 Å². The molecule has 0 radical (unpaired) electrons. The highest BCUT2D eigenvalue weighted by molar-refractivity contribution is 9.10. The number of hydrogen-bond donors (Lipinski definition) is 0. The highest BCUT2D eigenvalue weighted by Crippen LogP contribution is 2.24. The molecule has 0 unspecified atom stereocenters. The molecule has 0 spiro atoms. The van der Waals surface area contributed by atoms with Crippen molar-refractivity contribution in [1.29, 1.82) is 0 Å². The molecule has 0 amide bonds. The van der Waals surface area contributed by atoms with Crippen molar-refractivity contribution in [2.24, 2.45) is 0 Å². The monoisotopic (exact) mass is 320 g/mol. The van der Waals surface area contributed by atoms with Gasteiger partial charge in [0.1, 0.15) is 0 Å². The fourth-order valence-corrected chi connectivity index (χ4v) is 2.28. The van der Waals surface area contributed by atoms with Gasteiger partial charge in [-0.25, -0.2) is 0 Å². The van der Waals surface area contributed by atoms with Crippen LogP contribution in [0.5, 0.6) is 0 Å². The van der Waals surface area contributed by atoms with Gasteiger partial charge in [0.25, 0.3) is 0 Å². The van der Waals surface area contributed by atoms with Crippen LogP contribution in [0.2, 0.25) is 0 Å². The SMILES string of the molecule is CCCN(CCBr)c1ccncc1Br. The lowest BCUT2D eigenvalue weighted by Gasteiger charge is -2.24. The van der Waals surface area contributed by atoms with Crippen LogP contribution < -0.4 is 4.90 Å². The van der Waals surface area contributed by atoms with Crippen molar-refractivity contribution in [1.82, 2.24) is 4.98 Å². The largest absolute Gasteiger partial charge is 0.370 e. The summed E-state index contributed by atoms with van der Waals surface area (Å²) in [5, 5.41) is 0.988. The molecule has 1 rings (SSSR count). The molecule has 4 heteroatoms. The van der Waals surface area contributed by atoms with Crippen molar-refractivity contribution in [3.8, 4) is 0 Å². The maximum absolute atomic E-state index is 4.06. The van der Waals surface area contributed by atoms with Crippen LogP contribution in [0.15, 0.2) is 22.9 Å². The lowest BCUT2D eigenvalue weighted by atomic mass is 10.3. The van der Waals surface area contributed by atoms with E-state index in [-0.39, 0.29) is 0 Å². The van der Waals surface area contributed by atoms with Crippen molar-refractivity contribution < 1.29 is 0 Å². The van der Waals surface area contributed by atoms with E-state index in [1.54, 1.807) is 0 Å². The van der Waals surface area contributed by atoms with E-state index >= 15 is 0 Å². The number of nitrogens with zero attached hydrogens (tertiary/aromatic N) is 2. The van der Waals surface area contributed by atoms with Gasteiger partial charge in [0.05, 0.1) is 10.2 Å². The zero-order valence-corrected chi connectivity index (χ0v) is 11.4. The molecule has 0 aromatic carbocycles. The van der Waals surface area contributed by atoms with Gasteiger partial charge in [-0.1, -0.05) is 22.9 Å². The number of anilines is 1. The molecule has 1 aromatic rings. The molecule has 0 aliphatic rings. The van der Waals surface area contributed by atoms with Gasteiger partial charge in [-0.3, -0.25) is 4.98 Å². The number of rotatable bonds is 5. The first kappa shape index (κ1) is 12.0. The predicted octanol–water partition coefficient (Wildman–Crippen LogP) is 3.46. The van der Waals surface area contributed by atoms with E-state index in [0.29, 0.717) is 0 Å². The van der Waals surface area contributed by atoms with Crippen molar-refractivity contribution >= 4 is 37.5 Å². The van der Waals surface area contributed by atoms with Gasteiger partial charge < -0.3 is 4.90 Å². The Morgan fingerprint density at radius 2 is 2.21 bits per heavy atom. The van der Waals surface area contributed by atoms with Crippen LogP contribution in [0.25, 0.3) is 0 Å². The Kier molecular flexibility index (Phi) is 5.48. The summed E-state index contributed by atoms with van der Waals surface area (Å²) in [4.78, 5) is 6.41. The Hall–Kier alpha value is -0.0900. The van der Waals surface area contributed by atoms with Gasteiger partial charge in [0, 0.05) is 30.8 Å². The van der Waals surface area contributed by atoms with Crippen molar-refractivity contribution in [3.05, 3.63) is 22.9 Å². The zero-order valence-electron chi connectivity index (χ0n) is 8.21. The Morgan fingerprint density at radius 1 is 1.43 bits per heavy atom. The van der Waals surface area contributed by atoms with Gasteiger partial charge in [-0.15, -0.1) is 0 Å². The number of alkyl halides is 1. The normalized spacial score (nSPS) is 10.2. The van der Waals surface area contributed by atoms with Gasteiger partial charge >= 0.3 is 0 Å². The molecule has 0 aliphatic carbocycles. The summed E-state index contributed by atoms with van der Waals surface area (Å²) >= 11 is 6.99. The standard InChI is InChI=1S/C10H14Br2N2/c1-2-6-14(7-4-11)10-3-5-13-8-9(10)12/h3,5,8H,2,4,6-7H2,1H3. The smallest absolute Gasteiger partial charge is 0.0592 e.